The standard InChI is InChI=1S/C21H34N4OS.HI/c1-4-22-20(25-11-12-27-21(2,3)16-25)23-13-19(26)15-24-10-9-17-7-5-6-8-18(17)14-24;/h5-8,19,26H,4,9-16H2,1-3H3,(H,22,23);1H. The number of aliphatic imine (C=N–C) groups is 1. The first kappa shape index (κ1) is 23.8. The lowest BCUT2D eigenvalue weighted by Gasteiger charge is -2.39. The first-order chi connectivity index (χ1) is 13.0. The largest absolute Gasteiger partial charge is 0.390 e. The summed E-state index contributed by atoms with van der Waals surface area (Å²) in [6.45, 7) is 12.6. The zero-order chi connectivity index (χ0) is 19.3. The molecule has 3 rings (SSSR count). The Kier molecular flexibility index (Phi) is 9.37. The number of rotatable bonds is 5. The fourth-order valence-corrected chi connectivity index (χ4v) is 4.99. The Bertz CT molecular complexity index is 655. The molecular formula is C21H35IN4OS. The quantitative estimate of drug-likeness (QED) is 0.357. The van der Waals surface area contributed by atoms with E-state index >= 15 is 0 Å². The van der Waals surface area contributed by atoms with Crippen molar-refractivity contribution in [3.63, 3.8) is 0 Å². The van der Waals surface area contributed by atoms with Crippen molar-refractivity contribution < 1.29 is 5.11 Å². The van der Waals surface area contributed by atoms with Crippen molar-refractivity contribution in [2.75, 3.05) is 45.0 Å². The van der Waals surface area contributed by atoms with E-state index in [-0.39, 0.29) is 28.7 Å². The van der Waals surface area contributed by atoms with Crippen LogP contribution in [0.1, 0.15) is 31.9 Å². The van der Waals surface area contributed by atoms with E-state index in [0.717, 1.165) is 50.9 Å². The SMILES string of the molecule is CCNC(=NCC(O)CN1CCc2ccccc2C1)N1CCSC(C)(C)C1.I. The minimum atomic E-state index is -0.434. The molecule has 1 atom stereocenters. The second kappa shape index (κ2) is 11.0. The zero-order valence-corrected chi connectivity index (χ0v) is 20.5. The Hall–Kier alpha value is -0.510. The number of benzene rings is 1. The minimum Gasteiger partial charge on any atom is -0.390 e. The van der Waals surface area contributed by atoms with Gasteiger partial charge in [0.25, 0.3) is 0 Å². The van der Waals surface area contributed by atoms with Gasteiger partial charge < -0.3 is 15.3 Å². The van der Waals surface area contributed by atoms with Crippen LogP contribution in [0.15, 0.2) is 29.3 Å². The molecule has 1 saturated heterocycles. The van der Waals surface area contributed by atoms with Crippen molar-refractivity contribution in [1.29, 1.82) is 0 Å². The average Bonchev–Trinajstić information content (AvgIpc) is 2.64. The number of fused-ring (bicyclic) bond motifs is 1. The number of thioether (sulfide) groups is 1. The summed E-state index contributed by atoms with van der Waals surface area (Å²) in [5, 5.41) is 14.0. The van der Waals surface area contributed by atoms with Crippen LogP contribution in [0.25, 0.3) is 0 Å². The van der Waals surface area contributed by atoms with Gasteiger partial charge in [0.05, 0.1) is 12.6 Å². The first-order valence-electron chi connectivity index (χ1n) is 10.1. The van der Waals surface area contributed by atoms with Gasteiger partial charge in [-0.2, -0.15) is 11.8 Å². The Labute approximate surface area is 191 Å². The predicted molar refractivity (Wildman–Crippen MR) is 131 cm³/mol. The third kappa shape index (κ3) is 6.78. The summed E-state index contributed by atoms with van der Waals surface area (Å²) < 4.78 is 0.244. The van der Waals surface area contributed by atoms with Crippen LogP contribution < -0.4 is 5.32 Å². The normalized spacial score (nSPS) is 20.9. The second-order valence-corrected chi connectivity index (χ2v) is 9.93. The zero-order valence-electron chi connectivity index (χ0n) is 17.4. The van der Waals surface area contributed by atoms with Gasteiger partial charge in [0, 0.05) is 49.8 Å². The predicted octanol–water partition coefficient (Wildman–Crippen LogP) is 2.82. The highest BCUT2D eigenvalue weighted by atomic mass is 127. The summed E-state index contributed by atoms with van der Waals surface area (Å²) in [5.41, 5.74) is 2.84. The summed E-state index contributed by atoms with van der Waals surface area (Å²) in [6, 6.07) is 8.63. The van der Waals surface area contributed by atoms with Crippen LogP contribution in [0.4, 0.5) is 0 Å². The van der Waals surface area contributed by atoms with Crippen molar-refractivity contribution in [3.8, 4) is 0 Å². The lowest BCUT2D eigenvalue weighted by molar-refractivity contribution is 0.111. The number of aliphatic hydroxyl groups is 1. The van der Waals surface area contributed by atoms with E-state index in [2.05, 4.69) is 60.2 Å². The molecule has 1 unspecified atom stereocenters. The number of halogens is 1. The molecule has 5 nitrogen and oxygen atoms in total. The monoisotopic (exact) mass is 518 g/mol. The Morgan fingerprint density at radius 1 is 1.29 bits per heavy atom. The second-order valence-electron chi connectivity index (χ2n) is 8.13. The summed E-state index contributed by atoms with van der Waals surface area (Å²) in [6.07, 6.45) is 0.631. The Morgan fingerprint density at radius 3 is 2.75 bits per heavy atom. The molecule has 2 N–H and O–H groups in total. The lowest BCUT2D eigenvalue weighted by atomic mass is 10.00. The molecule has 1 fully saturated rings. The third-order valence-corrected chi connectivity index (χ3v) is 6.49. The molecule has 0 bridgehead atoms. The van der Waals surface area contributed by atoms with Crippen LogP contribution in [-0.4, -0.2) is 76.7 Å². The van der Waals surface area contributed by atoms with Gasteiger partial charge in [-0.25, -0.2) is 0 Å². The molecule has 0 amide bonds. The van der Waals surface area contributed by atoms with Gasteiger partial charge in [0.2, 0.25) is 0 Å². The number of hydrogen-bond acceptors (Lipinski definition) is 4. The van der Waals surface area contributed by atoms with Gasteiger partial charge in [-0.15, -0.1) is 24.0 Å². The smallest absolute Gasteiger partial charge is 0.194 e. The molecule has 2 aliphatic rings. The maximum absolute atomic E-state index is 10.6. The van der Waals surface area contributed by atoms with Crippen LogP contribution in [-0.2, 0) is 13.0 Å². The molecule has 0 radical (unpaired) electrons. The highest BCUT2D eigenvalue weighted by Gasteiger charge is 2.28. The van der Waals surface area contributed by atoms with Crippen molar-refractivity contribution in [1.82, 2.24) is 15.1 Å². The summed E-state index contributed by atoms with van der Waals surface area (Å²) >= 11 is 2.02. The molecule has 0 aromatic heterocycles. The van der Waals surface area contributed by atoms with E-state index in [1.54, 1.807) is 0 Å². The Morgan fingerprint density at radius 2 is 2.04 bits per heavy atom. The molecule has 158 valence electrons. The van der Waals surface area contributed by atoms with E-state index in [9.17, 15) is 5.11 Å². The highest BCUT2D eigenvalue weighted by molar-refractivity contribution is 14.0. The van der Waals surface area contributed by atoms with Crippen molar-refractivity contribution in [2.45, 2.75) is 44.6 Å². The van der Waals surface area contributed by atoms with E-state index in [0.29, 0.717) is 13.1 Å². The van der Waals surface area contributed by atoms with Crippen LogP contribution in [0.5, 0.6) is 0 Å². The first-order valence-corrected chi connectivity index (χ1v) is 11.1. The lowest BCUT2D eigenvalue weighted by Crippen LogP contribution is -2.51. The third-order valence-electron chi connectivity index (χ3n) is 5.19. The number of guanidine groups is 1. The van der Waals surface area contributed by atoms with E-state index < -0.39 is 6.10 Å². The number of nitrogens with one attached hydrogen (secondary N) is 1. The molecular weight excluding hydrogens is 483 g/mol. The number of nitrogens with zero attached hydrogens (tertiary/aromatic N) is 3. The molecule has 1 aromatic carbocycles. The van der Waals surface area contributed by atoms with E-state index in [1.165, 1.54) is 11.1 Å². The van der Waals surface area contributed by atoms with Gasteiger partial charge in [0.15, 0.2) is 5.96 Å². The Balaban J connectivity index is 0.00000280. The molecule has 0 spiro atoms. The molecule has 0 aliphatic carbocycles. The van der Waals surface area contributed by atoms with Gasteiger partial charge >= 0.3 is 0 Å². The average molecular weight is 519 g/mol. The number of aliphatic hydroxyl groups excluding tert-OH is 1. The van der Waals surface area contributed by atoms with Crippen LogP contribution in [0.3, 0.4) is 0 Å². The highest BCUT2D eigenvalue weighted by Crippen LogP contribution is 2.29. The van der Waals surface area contributed by atoms with Crippen LogP contribution >= 0.6 is 35.7 Å². The molecule has 0 saturated carbocycles. The fraction of sp³-hybridized carbons (Fsp3) is 0.667. The summed E-state index contributed by atoms with van der Waals surface area (Å²) in [4.78, 5) is 9.44. The number of β-amino-alcohol motifs (C(OH)–C–C–N with tert-alkyl or cyclic N) is 1. The molecule has 2 heterocycles. The van der Waals surface area contributed by atoms with Crippen molar-refractivity contribution in [2.24, 2.45) is 4.99 Å². The van der Waals surface area contributed by atoms with Crippen molar-refractivity contribution >= 4 is 41.7 Å². The molecule has 1 aromatic rings. The van der Waals surface area contributed by atoms with Gasteiger partial charge in [-0.05, 0) is 38.3 Å². The summed E-state index contributed by atoms with van der Waals surface area (Å²) in [5.74, 6) is 2.06. The van der Waals surface area contributed by atoms with Gasteiger partial charge in [-0.3, -0.25) is 9.89 Å². The maximum Gasteiger partial charge on any atom is 0.194 e. The molecule has 2 aliphatic heterocycles. The molecule has 28 heavy (non-hydrogen) atoms. The van der Waals surface area contributed by atoms with E-state index in [4.69, 9.17) is 4.99 Å². The fourth-order valence-electron chi connectivity index (χ4n) is 3.88. The minimum absolute atomic E-state index is 0. The van der Waals surface area contributed by atoms with Crippen molar-refractivity contribution in [3.05, 3.63) is 35.4 Å². The number of hydrogen-bond donors (Lipinski definition) is 2. The van der Waals surface area contributed by atoms with E-state index in [1.807, 2.05) is 11.8 Å². The molecule has 7 heteroatoms. The topological polar surface area (TPSA) is 51.1 Å². The van der Waals surface area contributed by atoms with Crippen LogP contribution in [0.2, 0.25) is 0 Å². The van der Waals surface area contributed by atoms with Gasteiger partial charge in [-0.1, -0.05) is 24.3 Å². The maximum atomic E-state index is 10.6. The van der Waals surface area contributed by atoms with Crippen LogP contribution in [0, 0.1) is 0 Å². The van der Waals surface area contributed by atoms with Gasteiger partial charge in [0.1, 0.15) is 0 Å². The summed E-state index contributed by atoms with van der Waals surface area (Å²) in [7, 11) is 0.